The van der Waals surface area contributed by atoms with Crippen LogP contribution in [0.1, 0.15) is 119 Å². The average molecular weight is 894 g/mol. The van der Waals surface area contributed by atoms with Crippen LogP contribution in [0.5, 0.6) is 0 Å². The molecule has 2 aromatic rings. The van der Waals surface area contributed by atoms with Gasteiger partial charge in [0.05, 0.1) is 89.9 Å². The molecule has 2 aliphatic rings. The van der Waals surface area contributed by atoms with Crippen molar-refractivity contribution in [2.75, 3.05) is 93.2 Å². The van der Waals surface area contributed by atoms with Gasteiger partial charge >= 0.3 is 0 Å². The van der Waals surface area contributed by atoms with E-state index < -0.39 is 20.2 Å². The molecule has 0 saturated carbocycles. The zero-order valence-electron chi connectivity index (χ0n) is 37.7. The smallest absolute Gasteiger partial charge is 0.297 e. The predicted octanol–water partition coefficient (Wildman–Crippen LogP) is 9.52. The van der Waals surface area contributed by atoms with Crippen LogP contribution in [0.2, 0.25) is 0 Å². The summed E-state index contributed by atoms with van der Waals surface area (Å²) in [5.74, 6) is 0. The molecule has 0 aliphatic carbocycles. The van der Waals surface area contributed by atoms with Crippen LogP contribution >= 0.6 is 0 Å². The van der Waals surface area contributed by atoms with Gasteiger partial charge in [0.1, 0.15) is 6.54 Å². The molecule has 0 radical (unpaired) electrons. The van der Waals surface area contributed by atoms with Gasteiger partial charge in [-0.2, -0.15) is 16.8 Å². The number of unbranched alkanes of at least 4 members (excludes halogenated alkanes) is 6. The molecule has 2 aromatic carbocycles. The number of aryl methyl sites for hydroxylation is 2. The molecule has 0 unspecified atom stereocenters. The molecule has 2 fully saturated rings. The Balaban J connectivity index is -0.000000746. The Morgan fingerprint density at radius 1 is 0.650 bits per heavy atom. The van der Waals surface area contributed by atoms with Crippen molar-refractivity contribution < 1.29 is 49.0 Å². The van der Waals surface area contributed by atoms with Gasteiger partial charge in [0, 0.05) is 10.8 Å². The largest absolute Gasteiger partial charge is 0.380 e. The van der Waals surface area contributed by atoms with Gasteiger partial charge in [0.25, 0.3) is 20.2 Å². The molecule has 60 heavy (non-hydrogen) atoms. The van der Waals surface area contributed by atoms with E-state index in [0.29, 0.717) is 19.8 Å². The molecule has 2 aliphatic heterocycles. The highest BCUT2D eigenvalue weighted by atomic mass is 32.2. The van der Waals surface area contributed by atoms with Gasteiger partial charge < -0.3 is 29.2 Å². The van der Waals surface area contributed by atoms with E-state index in [0.717, 1.165) is 55.1 Å². The van der Waals surface area contributed by atoms with Crippen molar-refractivity contribution >= 4 is 20.2 Å². The van der Waals surface area contributed by atoms with Gasteiger partial charge in [0.2, 0.25) is 0 Å². The summed E-state index contributed by atoms with van der Waals surface area (Å²) >= 11 is 0. The Morgan fingerprint density at radius 3 is 1.45 bits per heavy atom. The molecule has 4 rings (SSSR count). The van der Waals surface area contributed by atoms with Crippen LogP contribution in [0.15, 0.2) is 58.3 Å². The Kier molecular flexibility index (Phi) is 34.9. The van der Waals surface area contributed by atoms with Crippen molar-refractivity contribution in [1.29, 1.82) is 0 Å². The third-order valence-corrected chi connectivity index (χ3v) is 11.5. The number of nitrogens with two attached hydrogens (primary N) is 1. The first-order valence-electron chi connectivity index (χ1n) is 21.1. The molecule has 12 nitrogen and oxygen atoms in total. The van der Waals surface area contributed by atoms with Crippen LogP contribution in [-0.2, 0) is 43.4 Å². The second-order valence-electron chi connectivity index (χ2n) is 16.4. The number of ether oxygens (including phenoxy) is 4. The van der Waals surface area contributed by atoms with E-state index in [2.05, 4.69) is 41.8 Å². The normalized spacial score (nSPS) is 14.8. The standard InChI is InChI=1S/C15H32NO2.C14H20O5S.C7H8O3S.C6H15N.C2H6.2CH4/c1-5-6-7-8-9-16(3,4)10-11-17-12-15(2)13-18-14-15;1-12-3-5-13(6-4-12)20(15,16)19-8-7-17-9-14(2)10-18-11-14;1-6-2-4-7(5-3-6)11(8,9)10;1-2-3-4-5-6-7;1-2;;/h5-14H2,1-4H3;3-6H,7-11H2,1-2H3;2-5H,1H3,(H,8,9,10);2-7H2,1H3;1-2H3;2*1H4/q+1;;;;;;. The summed E-state index contributed by atoms with van der Waals surface area (Å²) in [6, 6.07) is 12.5. The highest BCUT2D eigenvalue weighted by Gasteiger charge is 2.34. The molecule has 14 heteroatoms. The maximum absolute atomic E-state index is 11.9. The topological polar surface area (TPSA) is 161 Å². The first-order chi connectivity index (χ1) is 27.3. The van der Waals surface area contributed by atoms with Gasteiger partial charge in [0.15, 0.2) is 0 Å². The highest BCUT2D eigenvalue weighted by molar-refractivity contribution is 7.86. The molecule has 0 spiro atoms. The lowest BCUT2D eigenvalue weighted by Crippen LogP contribution is -2.46. The summed E-state index contributed by atoms with van der Waals surface area (Å²) in [7, 11) is -3.09. The van der Waals surface area contributed by atoms with Crippen LogP contribution in [0.25, 0.3) is 0 Å². The Hall–Kier alpha value is -1.98. The van der Waals surface area contributed by atoms with E-state index in [9.17, 15) is 16.8 Å². The number of benzene rings is 2. The summed E-state index contributed by atoms with van der Waals surface area (Å²) in [5.41, 5.74) is 7.58. The minimum atomic E-state index is -4.02. The van der Waals surface area contributed by atoms with Crippen molar-refractivity contribution in [3.05, 3.63) is 59.7 Å². The third-order valence-electron chi connectivity index (χ3n) is 9.31. The lowest BCUT2D eigenvalue weighted by atomic mass is 9.90. The molecule has 3 N–H and O–H groups in total. The quantitative estimate of drug-likeness (QED) is 0.0502. The summed E-state index contributed by atoms with van der Waals surface area (Å²) < 4.78 is 80.9. The van der Waals surface area contributed by atoms with E-state index in [1.54, 1.807) is 24.3 Å². The van der Waals surface area contributed by atoms with Gasteiger partial charge in [-0.25, -0.2) is 0 Å². The third kappa shape index (κ3) is 29.3. The van der Waals surface area contributed by atoms with Crippen molar-refractivity contribution in [2.45, 2.75) is 131 Å². The Bertz CT molecular complexity index is 1520. The molecular formula is C46H89N2O10S2+. The zero-order chi connectivity index (χ0) is 44.1. The van der Waals surface area contributed by atoms with Crippen molar-refractivity contribution in [3.8, 4) is 0 Å². The molecule has 0 bridgehead atoms. The van der Waals surface area contributed by atoms with Crippen LogP contribution in [-0.4, -0.2) is 119 Å². The summed E-state index contributed by atoms with van der Waals surface area (Å²) in [4.78, 5) is 0.102. The molecule has 0 aromatic heterocycles. The van der Waals surface area contributed by atoms with E-state index >= 15 is 0 Å². The Labute approximate surface area is 368 Å². The minimum absolute atomic E-state index is 0. The lowest BCUT2D eigenvalue weighted by molar-refractivity contribution is -0.891. The number of nitrogens with zero attached hydrogens (tertiary/aromatic N) is 1. The average Bonchev–Trinajstić information content (AvgIpc) is 3.15. The van der Waals surface area contributed by atoms with Gasteiger partial charge in [-0.15, -0.1) is 0 Å². The van der Waals surface area contributed by atoms with Crippen LogP contribution in [0.3, 0.4) is 0 Å². The van der Waals surface area contributed by atoms with Crippen molar-refractivity contribution in [2.24, 2.45) is 16.6 Å². The zero-order valence-corrected chi connectivity index (χ0v) is 39.4. The van der Waals surface area contributed by atoms with Crippen molar-refractivity contribution in [1.82, 2.24) is 0 Å². The van der Waals surface area contributed by atoms with E-state index in [-0.39, 0.29) is 48.7 Å². The maximum Gasteiger partial charge on any atom is 0.297 e. The number of rotatable bonds is 22. The number of hydrogen-bond donors (Lipinski definition) is 2. The minimum Gasteiger partial charge on any atom is -0.380 e. The van der Waals surface area contributed by atoms with E-state index in [1.165, 1.54) is 82.2 Å². The fraction of sp³-hybridized carbons (Fsp3) is 0.739. The van der Waals surface area contributed by atoms with Gasteiger partial charge in [-0.3, -0.25) is 8.74 Å². The van der Waals surface area contributed by atoms with Crippen molar-refractivity contribution in [3.63, 3.8) is 0 Å². The van der Waals surface area contributed by atoms with Crippen LogP contribution < -0.4 is 5.73 Å². The lowest BCUT2D eigenvalue weighted by Gasteiger charge is -2.38. The molecule has 0 atom stereocenters. The molecular weight excluding hydrogens is 805 g/mol. The Morgan fingerprint density at radius 2 is 1.07 bits per heavy atom. The number of quaternary nitrogens is 1. The SMILES string of the molecule is C.C.CC.CCCCCCN.CCCCCC[N+](C)(C)CCOCC1(C)COC1.Cc1ccc(S(=O)(=O)O)cc1.Cc1ccc(S(=O)(=O)OCCOCC2(C)COC2)cc1. The first-order valence-corrected chi connectivity index (χ1v) is 24.0. The summed E-state index contributed by atoms with van der Waals surface area (Å²) in [6.07, 6.45) is 10.6. The molecule has 2 heterocycles. The number of likely N-dealkylation sites (N-methyl/N-ethyl adjacent to an activating group) is 1. The molecule has 0 amide bonds. The second-order valence-corrected chi connectivity index (χ2v) is 19.4. The summed E-state index contributed by atoms with van der Waals surface area (Å²) in [6.45, 7) is 25.4. The molecule has 2 saturated heterocycles. The van der Waals surface area contributed by atoms with E-state index in [1.807, 2.05) is 27.7 Å². The fourth-order valence-corrected chi connectivity index (χ4v) is 6.72. The maximum atomic E-state index is 11.9. The monoisotopic (exact) mass is 894 g/mol. The van der Waals surface area contributed by atoms with Gasteiger partial charge in [-0.1, -0.05) is 124 Å². The summed E-state index contributed by atoms with van der Waals surface area (Å²) in [5, 5.41) is 0. The van der Waals surface area contributed by atoms with Crippen LogP contribution in [0.4, 0.5) is 0 Å². The highest BCUT2D eigenvalue weighted by Crippen LogP contribution is 2.27. The van der Waals surface area contributed by atoms with E-state index in [4.69, 9.17) is 33.4 Å². The number of hydrogen-bond acceptors (Lipinski definition) is 10. The first kappa shape index (κ1) is 62.3. The van der Waals surface area contributed by atoms with Crippen LogP contribution in [0, 0.1) is 24.7 Å². The second kappa shape index (κ2) is 33.6. The predicted molar refractivity (Wildman–Crippen MR) is 249 cm³/mol. The van der Waals surface area contributed by atoms with Gasteiger partial charge in [-0.05, 0) is 63.9 Å². The fourth-order valence-electron chi connectivity index (χ4n) is 5.35. The molecule has 354 valence electrons.